The maximum Gasteiger partial charge on any atom is 0.411 e. The summed E-state index contributed by atoms with van der Waals surface area (Å²) >= 11 is 1.06. The van der Waals surface area contributed by atoms with Crippen LogP contribution in [0.2, 0.25) is 0 Å². The molecule has 1 saturated carbocycles. The molecule has 29 heavy (non-hydrogen) atoms. The van der Waals surface area contributed by atoms with Crippen LogP contribution in [0, 0.1) is 12.8 Å². The molecular formula is C19H19F2N3O4S. The number of halogens is 2. The van der Waals surface area contributed by atoms with Gasteiger partial charge in [-0.25, -0.2) is 9.78 Å². The van der Waals surface area contributed by atoms with Gasteiger partial charge in [-0.15, -0.1) is 0 Å². The van der Waals surface area contributed by atoms with Crippen LogP contribution in [0.1, 0.15) is 41.4 Å². The fraction of sp³-hybridized carbons (Fsp3) is 0.421. The summed E-state index contributed by atoms with van der Waals surface area (Å²) in [6, 6.07) is 3.22. The lowest BCUT2D eigenvalue weighted by atomic mass is 10.0. The predicted octanol–water partition coefficient (Wildman–Crippen LogP) is 3.93. The number of hydrogen-bond acceptors (Lipinski definition) is 6. The molecule has 1 atom stereocenters. The molecule has 0 bridgehead atoms. The van der Waals surface area contributed by atoms with Crippen molar-refractivity contribution < 1.29 is 27.8 Å². The average Bonchev–Trinajstić information content (AvgIpc) is 3.33. The van der Waals surface area contributed by atoms with Crippen molar-refractivity contribution in [2.45, 2.75) is 45.9 Å². The number of amides is 2. The molecule has 2 heterocycles. The van der Waals surface area contributed by atoms with Gasteiger partial charge >= 0.3 is 12.7 Å². The number of aromatic nitrogens is 1. The highest BCUT2D eigenvalue weighted by atomic mass is 32.1. The number of thiazole rings is 1. The third kappa shape index (κ3) is 3.76. The maximum atomic E-state index is 13.0. The van der Waals surface area contributed by atoms with Crippen molar-refractivity contribution >= 4 is 23.3 Å². The maximum absolute atomic E-state index is 13.0. The number of carbonyl (C=O) groups is 2. The van der Waals surface area contributed by atoms with E-state index < -0.39 is 12.7 Å². The van der Waals surface area contributed by atoms with Gasteiger partial charge < -0.3 is 20.1 Å². The van der Waals surface area contributed by atoms with Gasteiger partial charge in [0.2, 0.25) is 0 Å². The van der Waals surface area contributed by atoms with Gasteiger partial charge in [-0.2, -0.15) is 8.78 Å². The van der Waals surface area contributed by atoms with Gasteiger partial charge in [0.1, 0.15) is 5.75 Å². The summed E-state index contributed by atoms with van der Waals surface area (Å²) in [5, 5.41) is 0.0573. The van der Waals surface area contributed by atoms with Crippen molar-refractivity contribution in [3.05, 3.63) is 29.0 Å². The number of benzene rings is 1. The first-order valence-corrected chi connectivity index (χ1v) is 9.94. The highest BCUT2D eigenvalue weighted by molar-refractivity contribution is 7.17. The Labute approximate surface area is 169 Å². The normalized spacial score (nSPS) is 16.9. The van der Waals surface area contributed by atoms with Crippen molar-refractivity contribution in [3.8, 4) is 21.4 Å². The molecule has 2 aromatic rings. The first kappa shape index (κ1) is 19.6. The van der Waals surface area contributed by atoms with Gasteiger partial charge in [0.05, 0.1) is 16.1 Å². The molecule has 7 nitrogen and oxygen atoms in total. The number of nitrogens with zero attached hydrogens (tertiary/aromatic N) is 2. The second-order valence-electron chi connectivity index (χ2n) is 7.21. The molecule has 1 fully saturated rings. The Morgan fingerprint density at radius 3 is 2.72 bits per heavy atom. The van der Waals surface area contributed by atoms with Crippen LogP contribution in [0.25, 0.3) is 10.4 Å². The number of ether oxygens (including phenoxy) is 2. The Kier molecular flexibility index (Phi) is 4.89. The van der Waals surface area contributed by atoms with Crippen molar-refractivity contribution in [2.24, 2.45) is 11.7 Å². The number of fused-ring (bicyclic) bond motifs is 1. The molecule has 154 valence electrons. The molecular weight excluding hydrogens is 404 g/mol. The molecule has 1 unspecified atom stereocenters. The molecule has 2 aliphatic rings. The fourth-order valence-corrected chi connectivity index (χ4v) is 4.60. The summed E-state index contributed by atoms with van der Waals surface area (Å²) in [4.78, 5) is 30.4. The SMILES string of the molecule is Cc1nc(OC(N)=O)sc1-c1cc2c(c(OC(F)F)c1)C(=O)N(C(C)C1CC1)C2. The van der Waals surface area contributed by atoms with E-state index in [9.17, 15) is 18.4 Å². The lowest BCUT2D eigenvalue weighted by Crippen LogP contribution is -2.34. The van der Waals surface area contributed by atoms with E-state index >= 15 is 0 Å². The fourth-order valence-electron chi connectivity index (χ4n) is 3.69. The van der Waals surface area contributed by atoms with Crippen LogP contribution in [0.5, 0.6) is 10.9 Å². The van der Waals surface area contributed by atoms with Gasteiger partial charge in [-0.1, -0.05) is 11.3 Å². The predicted molar refractivity (Wildman–Crippen MR) is 101 cm³/mol. The summed E-state index contributed by atoms with van der Waals surface area (Å²) in [5.41, 5.74) is 6.93. The Bertz CT molecular complexity index is 990. The van der Waals surface area contributed by atoms with Crippen LogP contribution in [-0.2, 0) is 6.54 Å². The number of hydrogen-bond donors (Lipinski definition) is 1. The molecule has 2 N–H and O–H groups in total. The van der Waals surface area contributed by atoms with Crippen LogP contribution < -0.4 is 15.2 Å². The van der Waals surface area contributed by atoms with Gasteiger partial charge in [0.15, 0.2) is 0 Å². The van der Waals surface area contributed by atoms with Crippen molar-refractivity contribution in [1.82, 2.24) is 9.88 Å². The molecule has 1 aliphatic carbocycles. The van der Waals surface area contributed by atoms with E-state index in [1.165, 1.54) is 6.07 Å². The van der Waals surface area contributed by atoms with Crippen LogP contribution in [0.15, 0.2) is 12.1 Å². The van der Waals surface area contributed by atoms with Crippen LogP contribution >= 0.6 is 11.3 Å². The minimum absolute atomic E-state index is 0.0402. The quantitative estimate of drug-likeness (QED) is 0.760. The Balaban J connectivity index is 1.75. The van der Waals surface area contributed by atoms with E-state index in [1.54, 1.807) is 17.9 Å². The number of aryl methyl sites for hydroxylation is 1. The topological polar surface area (TPSA) is 94.8 Å². The first-order valence-electron chi connectivity index (χ1n) is 9.12. The largest absolute Gasteiger partial charge is 0.434 e. The summed E-state index contributed by atoms with van der Waals surface area (Å²) in [6.45, 7) is 0.958. The highest BCUT2D eigenvalue weighted by Gasteiger charge is 2.40. The lowest BCUT2D eigenvalue weighted by Gasteiger charge is -2.24. The second-order valence-corrected chi connectivity index (χ2v) is 8.18. The van der Waals surface area contributed by atoms with E-state index in [4.69, 9.17) is 15.2 Å². The van der Waals surface area contributed by atoms with E-state index in [0.717, 1.165) is 24.2 Å². The van der Waals surface area contributed by atoms with Gasteiger partial charge in [-0.05, 0) is 55.9 Å². The Hall–Kier alpha value is -2.75. The lowest BCUT2D eigenvalue weighted by molar-refractivity contribution is -0.0501. The highest BCUT2D eigenvalue weighted by Crippen LogP contribution is 2.43. The Morgan fingerprint density at radius 1 is 1.38 bits per heavy atom. The summed E-state index contributed by atoms with van der Waals surface area (Å²) in [5.74, 6) is -0.00186. The molecule has 2 amide bonds. The standard InChI is InChI=1S/C19H19F2N3O4S/c1-8-15(29-19(23-8)28-18(22)26)11-5-12-7-24(9(2)10-3-4-10)16(25)14(12)13(6-11)27-17(20)21/h5-6,9-10,17H,3-4,7H2,1-2H3,(H2,22,26). The average molecular weight is 423 g/mol. The first-order chi connectivity index (χ1) is 13.7. The second kappa shape index (κ2) is 7.25. The third-order valence-electron chi connectivity index (χ3n) is 5.24. The third-order valence-corrected chi connectivity index (χ3v) is 6.32. The van der Waals surface area contributed by atoms with Crippen molar-refractivity contribution in [2.75, 3.05) is 0 Å². The zero-order chi connectivity index (χ0) is 20.9. The molecule has 1 aliphatic heterocycles. The number of alkyl halides is 2. The van der Waals surface area contributed by atoms with Crippen molar-refractivity contribution in [3.63, 3.8) is 0 Å². The van der Waals surface area contributed by atoms with Gasteiger partial charge in [-0.3, -0.25) is 4.79 Å². The minimum Gasteiger partial charge on any atom is -0.434 e. The molecule has 4 rings (SSSR count). The van der Waals surface area contributed by atoms with Gasteiger partial charge in [0, 0.05) is 12.6 Å². The van der Waals surface area contributed by atoms with Crippen molar-refractivity contribution in [1.29, 1.82) is 0 Å². The monoisotopic (exact) mass is 423 g/mol. The summed E-state index contributed by atoms with van der Waals surface area (Å²) < 4.78 is 35.6. The zero-order valence-corrected chi connectivity index (χ0v) is 16.6. The zero-order valence-electron chi connectivity index (χ0n) is 15.8. The van der Waals surface area contributed by atoms with E-state index in [0.29, 0.717) is 34.2 Å². The summed E-state index contributed by atoms with van der Waals surface area (Å²) in [6.07, 6.45) is 1.14. The van der Waals surface area contributed by atoms with E-state index in [-0.39, 0.29) is 28.5 Å². The molecule has 0 radical (unpaired) electrons. The molecule has 0 saturated heterocycles. The van der Waals surface area contributed by atoms with Gasteiger partial charge in [0.25, 0.3) is 11.1 Å². The summed E-state index contributed by atoms with van der Waals surface area (Å²) in [7, 11) is 0. The molecule has 1 aromatic carbocycles. The van der Waals surface area contributed by atoms with Crippen LogP contribution in [0.3, 0.4) is 0 Å². The van der Waals surface area contributed by atoms with Crippen LogP contribution in [-0.4, -0.2) is 34.5 Å². The number of rotatable bonds is 6. The number of nitrogens with two attached hydrogens (primary N) is 1. The number of primary amides is 1. The van der Waals surface area contributed by atoms with E-state index in [2.05, 4.69) is 4.98 Å². The molecule has 10 heteroatoms. The molecule has 0 spiro atoms. The Morgan fingerprint density at radius 2 is 2.10 bits per heavy atom. The van der Waals surface area contributed by atoms with E-state index in [1.807, 2.05) is 6.92 Å². The van der Waals surface area contributed by atoms with Crippen LogP contribution in [0.4, 0.5) is 13.6 Å². The number of carbonyl (C=O) groups excluding carboxylic acids is 2. The smallest absolute Gasteiger partial charge is 0.411 e. The molecule has 1 aromatic heterocycles. The minimum atomic E-state index is -3.06.